The van der Waals surface area contributed by atoms with E-state index in [1.807, 2.05) is 43.3 Å². The highest BCUT2D eigenvalue weighted by Gasteiger charge is 2.73. The van der Waals surface area contributed by atoms with Crippen LogP contribution >= 0.6 is 25.3 Å². The average molecular weight is 635 g/mol. The molecule has 3 aromatic rings. The highest BCUT2D eigenvalue weighted by atomic mass is 32.2. The zero-order chi connectivity index (χ0) is 30.6. The van der Waals surface area contributed by atoms with Gasteiger partial charge in [0.15, 0.2) is 10.2 Å². The number of piperazine rings is 1. The van der Waals surface area contributed by atoms with Crippen LogP contribution in [0.25, 0.3) is 10.4 Å². The molecule has 0 spiro atoms. The average Bonchev–Trinajstić information content (AvgIpc) is 3.45. The third kappa shape index (κ3) is 4.32. The number of anilines is 1. The lowest BCUT2D eigenvalue weighted by atomic mass is 9.72. The lowest BCUT2D eigenvalue weighted by Crippen LogP contribution is -2.69. The molecule has 222 valence electrons. The van der Waals surface area contributed by atoms with Gasteiger partial charge in [0.2, 0.25) is 0 Å². The number of amides is 2. The summed E-state index contributed by atoms with van der Waals surface area (Å²) in [6.07, 6.45) is -0.0516. The number of hydrogen-bond acceptors (Lipinski definition) is 7. The molecule has 0 unspecified atom stereocenters. The summed E-state index contributed by atoms with van der Waals surface area (Å²) >= 11 is 9.57. The van der Waals surface area contributed by atoms with Crippen molar-refractivity contribution >= 4 is 52.8 Å². The van der Waals surface area contributed by atoms with Gasteiger partial charge in [0.05, 0.1) is 16.0 Å². The molecule has 10 nitrogen and oxygen atoms in total. The summed E-state index contributed by atoms with van der Waals surface area (Å²) < 4.78 is 30.3. The summed E-state index contributed by atoms with van der Waals surface area (Å²) in [6.45, 7) is 2.44. The van der Waals surface area contributed by atoms with E-state index in [0.29, 0.717) is 24.1 Å². The Hall–Kier alpha value is -3.64. The predicted octanol–water partition coefficient (Wildman–Crippen LogP) is 4.86. The third-order valence-electron chi connectivity index (χ3n) is 8.65. The van der Waals surface area contributed by atoms with Crippen LogP contribution in [0.4, 0.5) is 5.69 Å². The van der Waals surface area contributed by atoms with Gasteiger partial charge in [-0.1, -0.05) is 71.3 Å². The number of thiol groups is 2. The monoisotopic (exact) mass is 634 g/mol. The minimum atomic E-state index is -4.22. The van der Waals surface area contributed by atoms with Crippen LogP contribution < -0.4 is 4.31 Å². The molecule has 43 heavy (non-hydrogen) atoms. The van der Waals surface area contributed by atoms with Gasteiger partial charge in [-0.25, -0.2) is 12.7 Å². The van der Waals surface area contributed by atoms with E-state index in [2.05, 4.69) is 22.7 Å². The molecular weight excluding hydrogens is 605 g/mol. The van der Waals surface area contributed by atoms with Crippen LogP contribution in [0.3, 0.4) is 0 Å². The van der Waals surface area contributed by atoms with Gasteiger partial charge in [-0.15, -0.1) is 25.3 Å². The first kappa shape index (κ1) is 29.4. The quantitative estimate of drug-likeness (QED) is 0.121. The molecule has 4 atom stereocenters. The minimum Gasteiger partial charge on any atom is -0.319 e. The first-order valence-corrected chi connectivity index (χ1v) is 16.3. The van der Waals surface area contributed by atoms with Gasteiger partial charge in [0.1, 0.15) is 6.17 Å². The molecular formula is C30H30N6O4S3. The van der Waals surface area contributed by atoms with Gasteiger partial charge in [-0.05, 0) is 54.6 Å². The van der Waals surface area contributed by atoms with Crippen LogP contribution in [0.2, 0.25) is 0 Å². The molecule has 0 aromatic heterocycles. The Balaban J connectivity index is 1.55. The van der Waals surface area contributed by atoms with Crippen molar-refractivity contribution in [1.29, 1.82) is 0 Å². The largest absolute Gasteiger partial charge is 0.319 e. The number of sulfonamides is 1. The number of carbonyl (C=O) groups excluding carboxylic acids is 2. The van der Waals surface area contributed by atoms with Crippen molar-refractivity contribution in [2.45, 2.75) is 52.9 Å². The second-order valence-electron chi connectivity index (χ2n) is 11.1. The van der Waals surface area contributed by atoms with E-state index >= 15 is 0 Å². The molecule has 6 rings (SSSR count). The number of para-hydroxylation sites is 1. The first-order valence-electron chi connectivity index (χ1n) is 13.9. The van der Waals surface area contributed by atoms with Gasteiger partial charge >= 0.3 is 0 Å². The van der Waals surface area contributed by atoms with E-state index in [9.17, 15) is 18.0 Å². The summed E-state index contributed by atoms with van der Waals surface area (Å²) in [6, 6.07) is 23.1. The van der Waals surface area contributed by atoms with Crippen molar-refractivity contribution in [3.63, 3.8) is 0 Å². The summed E-state index contributed by atoms with van der Waals surface area (Å²) in [7, 11) is -4.22. The van der Waals surface area contributed by atoms with Crippen molar-refractivity contribution < 1.29 is 18.0 Å². The summed E-state index contributed by atoms with van der Waals surface area (Å²) in [5.41, 5.74) is 10.4. The number of aryl methyl sites for hydroxylation is 1. The smallest absolute Gasteiger partial charge is 0.266 e. The SMILES string of the molecule is Cc1ccc([C@]23C[C@]4(S)C(=O)N(CCCCN=[N+]=[N-])[C@@H](S)C(=O)N4[C@H]2N(S(=O)(=O)c2ccccc2)c2ccccc23)cc1. The maximum absolute atomic E-state index is 14.5. The Labute approximate surface area is 261 Å². The van der Waals surface area contributed by atoms with E-state index in [1.165, 1.54) is 26.2 Å². The third-order valence-corrected chi connectivity index (χ3v) is 11.5. The Morgan fingerprint density at radius 3 is 2.37 bits per heavy atom. The second kappa shape index (κ2) is 10.8. The molecule has 0 radical (unpaired) electrons. The molecule has 3 aliphatic heterocycles. The standard InChI is InChI=1S/C30H30N6O4S3/c1-20-13-15-21(16-14-20)29-19-30(42)28(38)34(18-8-7-17-32-33-31)26(41)25(37)35(30)27(29)36(24-12-6-5-11-23(24)29)43(39,40)22-9-3-2-4-10-22/h2-6,9-16,26-27,41-42H,7-8,17-19H2,1H3/t26-,27-,29-,30-/m0/s1. The van der Waals surface area contributed by atoms with Crippen molar-refractivity contribution in [3.8, 4) is 0 Å². The number of unbranched alkanes of at least 4 members (excludes halogenated alkanes) is 1. The highest BCUT2D eigenvalue weighted by Crippen LogP contribution is 2.63. The van der Waals surface area contributed by atoms with E-state index in [0.717, 1.165) is 11.1 Å². The Morgan fingerprint density at radius 2 is 1.67 bits per heavy atom. The molecule has 0 bridgehead atoms. The lowest BCUT2D eigenvalue weighted by Gasteiger charge is -2.48. The summed E-state index contributed by atoms with van der Waals surface area (Å²) in [5, 5.41) is 2.40. The highest BCUT2D eigenvalue weighted by molar-refractivity contribution is 7.93. The Morgan fingerprint density at radius 1 is 1.00 bits per heavy atom. The van der Waals surface area contributed by atoms with Gasteiger partial charge in [0.25, 0.3) is 21.8 Å². The lowest BCUT2D eigenvalue weighted by molar-refractivity contribution is -0.159. The summed E-state index contributed by atoms with van der Waals surface area (Å²) in [4.78, 5) is 32.6. The van der Waals surface area contributed by atoms with Crippen LogP contribution in [-0.2, 0) is 25.0 Å². The van der Waals surface area contributed by atoms with E-state index in [1.54, 1.807) is 30.3 Å². The van der Waals surface area contributed by atoms with Crippen LogP contribution in [0, 0.1) is 6.92 Å². The van der Waals surface area contributed by atoms with Crippen molar-refractivity contribution in [1.82, 2.24) is 9.80 Å². The van der Waals surface area contributed by atoms with E-state index < -0.39 is 43.7 Å². The van der Waals surface area contributed by atoms with E-state index in [4.69, 9.17) is 18.2 Å². The topological polar surface area (TPSA) is 127 Å². The molecule has 0 N–H and O–H groups in total. The molecule has 0 saturated carbocycles. The zero-order valence-corrected chi connectivity index (χ0v) is 25.9. The fraction of sp³-hybridized carbons (Fsp3) is 0.333. The zero-order valence-electron chi connectivity index (χ0n) is 23.3. The Kier molecular flexibility index (Phi) is 7.40. The van der Waals surface area contributed by atoms with Crippen LogP contribution in [0.15, 0.2) is 88.9 Å². The van der Waals surface area contributed by atoms with Gasteiger partial charge in [-0.2, -0.15) is 0 Å². The maximum Gasteiger partial charge on any atom is 0.266 e. The first-order chi connectivity index (χ1) is 20.6. The maximum atomic E-state index is 14.5. The molecule has 3 aromatic carbocycles. The van der Waals surface area contributed by atoms with Gasteiger partial charge in [-0.3, -0.25) is 14.5 Å². The molecule has 2 amide bonds. The number of nitrogens with zero attached hydrogens (tertiary/aromatic N) is 6. The molecule has 2 fully saturated rings. The number of fused-ring (bicyclic) bond motifs is 5. The van der Waals surface area contributed by atoms with Crippen LogP contribution in [0.1, 0.15) is 36.0 Å². The van der Waals surface area contributed by atoms with Gasteiger partial charge in [0, 0.05) is 24.4 Å². The van der Waals surface area contributed by atoms with Crippen molar-refractivity contribution in [2.75, 3.05) is 17.4 Å². The minimum absolute atomic E-state index is 0.0506. The van der Waals surface area contributed by atoms with E-state index in [-0.39, 0.29) is 24.4 Å². The fourth-order valence-electron chi connectivity index (χ4n) is 6.74. The van der Waals surface area contributed by atoms with Crippen molar-refractivity contribution in [3.05, 3.63) is 106 Å². The van der Waals surface area contributed by atoms with Gasteiger partial charge < -0.3 is 4.90 Å². The molecule has 2 saturated heterocycles. The number of rotatable bonds is 8. The second-order valence-corrected chi connectivity index (χ2v) is 14.1. The Bertz CT molecular complexity index is 1750. The van der Waals surface area contributed by atoms with Crippen LogP contribution in [-0.4, -0.2) is 59.5 Å². The van der Waals surface area contributed by atoms with Crippen LogP contribution in [0.5, 0.6) is 0 Å². The summed E-state index contributed by atoms with van der Waals surface area (Å²) in [5.74, 6) is -0.928. The fourth-order valence-corrected chi connectivity index (χ4v) is 9.35. The number of hydrogen-bond donors (Lipinski definition) is 2. The van der Waals surface area contributed by atoms with Crippen molar-refractivity contribution in [2.24, 2.45) is 5.11 Å². The molecule has 3 aliphatic rings. The number of azide groups is 1. The predicted molar refractivity (Wildman–Crippen MR) is 169 cm³/mol. The number of benzene rings is 3. The molecule has 13 heteroatoms. The molecule has 3 heterocycles. The number of carbonyl (C=O) groups is 2. The normalized spacial score (nSPS) is 26.2. The molecule has 0 aliphatic carbocycles.